The van der Waals surface area contributed by atoms with E-state index in [9.17, 15) is 0 Å². The molecule has 0 saturated heterocycles. The second-order valence-electron chi connectivity index (χ2n) is 8.83. The van der Waals surface area contributed by atoms with Crippen molar-refractivity contribution >= 4 is 29.2 Å². The second kappa shape index (κ2) is 7.69. The number of fused-ring (bicyclic) bond motifs is 3. The Morgan fingerprint density at radius 1 is 0.594 bits per heavy atom. The van der Waals surface area contributed by atoms with E-state index in [0.29, 0.717) is 0 Å². The van der Waals surface area contributed by atoms with Gasteiger partial charge in [-0.3, -0.25) is 0 Å². The standard InChI is InChI=1S/C31H27N/c1-5-22-11-15-24(16-12-22)32(25-17-13-23(6-2)14-18-25)26-19-20-28-27-9-7-8-10-29(27)31(3,4)30(28)21-26/h5-21H,1-2H2,3-4H3. The van der Waals surface area contributed by atoms with Gasteiger partial charge in [-0.2, -0.15) is 0 Å². The van der Waals surface area contributed by atoms with Crippen LogP contribution in [0.3, 0.4) is 0 Å². The summed E-state index contributed by atoms with van der Waals surface area (Å²) in [4.78, 5) is 2.32. The molecule has 4 aromatic carbocycles. The average molecular weight is 414 g/mol. The van der Waals surface area contributed by atoms with Crippen molar-refractivity contribution in [1.82, 2.24) is 0 Å². The summed E-state index contributed by atoms with van der Waals surface area (Å²) < 4.78 is 0. The molecule has 0 radical (unpaired) electrons. The molecular formula is C31H27N. The molecule has 0 N–H and O–H groups in total. The minimum absolute atomic E-state index is 0.0347. The Morgan fingerprint density at radius 3 is 1.66 bits per heavy atom. The van der Waals surface area contributed by atoms with Crippen LogP contribution in [0.1, 0.15) is 36.1 Å². The van der Waals surface area contributed by atoms with Crippen molar-refractivity contribution in [3.63, 3.8) is 0 Å². The van der Waals surface area contributed by atoms with Crippen LogP contribution in [0.25, 0.3) is 23.3 Å². The molecule has 0 saturated carbocycles. The second-order valence-corrected chi connectivity index (χ2v) is 8.83. The molecule has 1 aliphatic rings. The molecule has 0 fully saturated rings. The summed E-state index contributed by atoms with van der Waals surface area (Å²) in [6, 6.07) is 32.7. The van der Waals surface area contributed by atoms with Crippen LogP contribution in [-0.4, -0.2) is 0 Å². The zero-order valence-corrected chi connectivity index (χ0v) is 18.7. The maximum atomic E-state index is 3.89. The van der Waals surface area contributed by atoms with E-state index in [1.54, 1.807) is 0 Å². The Bertz CT molecular complexity index is 1260. The molecule has 0 spiro atoms. The van der Waals surface area contributed by atoms with Gasteiger partial charge in [-0.25, -0.2) is 0 Å². The Kier molecular flexibility index (Phi) is 4.83. The summed E-state index contributed by atoms with van der Waals surface area (Å²) in [5.41, 5.74) is 11.0. The smallest absolute Gasteiger partial charge is 0.0465 e. The van der Waals surface area contributed by atoms with E-state index in [2.05, 4.69) is 123 Å². The number of hydrogen-bond donors (Lipinski definition) is 0. The Labute approximate surface area is 191 Å². The molecular weight excluding hydrogens is 386 g/mol. The normalized spacial score (nSPS) is 13.2. The van der Waals surface area contributed by atoms with Gasteiger partial charge in [0.25, 0.3) is 0 Å². The summed E-state index contributed by atoms with van der Waals surface area (Å²) in [5, 5.41) is 0. The van der Waals surface area contributed by atoms with Crippen LogP contribution in [0.15, 0.2) is 104 Å². The largest absolute Gasteiger partial charge is 0.310 e. The van der Waals surface area contributed by atoms with Crippen molar-refractivity contribution in [3.8, 4) is 11.1 Å². The highest BCUT2D eigenvalue weighted by Gasteiger charge is 2.35. The lowest BCUT2D eigenvalue weighted by atomic mass is 9.82. The first-order valence-electron chi connectivity index (χ1n) is 11.0. The number of anilines is 3. The van der Waals surface area contributed by atoms with Crippen LogP contribution in [0.2, 0.25) is 0 Å². The summed E-state index contributed by atoms with van der Waals surface area (Å²) >= 11 is 0. The first kappa shape index (κ1) is 20.1. The number of nitrogens with zero attached hydrogens (tertiary/aromatic N) is 1. The van der Waals surface area contributed by atoms with Gasteiger partial charge in [0.2, 0.25) is 0 Å². The predicted octanol–water partition coefficient (Wildman–Crippen LogP) is 8.75. The first-order valence-corrected chi connectivity index (χ1v) is 11.0. The summed E-state index contributed by atoms with van der Waals surface area (Å²) in [6.07, 6.45) is 3.75. The molecule has 4 aromatic rings. The lowest BCUT2D eigenvalue weighted by molar-refractivity contribution is 0.660. The lowest BCUT2D eigenvalue weighted by Gasteiger charge is -2.28. The third-order valence-electron chi connectivity index (χ3n) is 6.60. The van der Waals surface area contributed by atoms with E-state index >= 15 is 0 Å². The van der Waals surface area contributed by atoms with Gasteiger partial charge in [0, 0.05) is 22.5 Å². The lowest BCUT2D eigenvalue weighted by Crippen LogP contribution is -2.16. The molecule has 1 heteroatoms. The quantitative estimate of drug-likeness (QED) is 0.316. The summed E-state index contributed by atoms with van der Waals surface area (Å²) in [6.45, 7) is 12.4. The van der Waals surface area contributed by atoms with Crippen LogP contribution < -0.4 is 4.90 Å². The van der Waals surface area contributed by atoms with Crippen molar-refractivity contribution in [1.29, 1.82) is 0 Å². The minimum Gasteiger partial charge on any atom is -0.310 e. The zero-order chi connectivity index (χ0) is 22.3. The molecule has 0 atom stereocenters. The maximum Gasteiger partial charge on any atom is 0.0465 e. The highest BCUT2D eigenvalue weighted by atomic mass is 15.1. The Morgan fingerprint density at radius 2 is 1.09 bits per heavy atom. The highest BCUT2D eigenvalue weighted by molar-refractivity contribution is 5.85. The molecule has 0 heterocycles. The Hall–Kier alpha value is -3.84. The van der Waals surface area contributed by atoms with Gasteiger partial charge in [0.15, 0.2) is 0 Å². The fraction of sp³-hybridized carbons (Fsp3) is 0.0968. The molecule has 5 rings (SSSR count). The van der Waals surface area contributed by atoms with E-state index in [1.165, 1.54) is 22.3 Å². The molecule has 32 heavy (non-hydrogen) atoms. The molecule has 0 aromatic heterocycles. The number of rotatable bonds is 5. The van der Waals surface area contributed by atoms with Crippen molar-refractivity contribution < 1.29 is 0 Å². The van der Waals surface area contributed by atoms with E-state index in [4.69, 9.17) is 0 Å². The third kappa shape index (κ3) is 3.18. The molecule has 156 valence electrons. The predicted molar refractivity (Wildman–Crippen MR) is 139 cm³/mol. The van der Waals surface area contributed by atoms with Gasteiger partial charge in [-0.15, -0.1) is 0 Å². The van der Waals surface area contributed by atoms with Gasteiger partial charge in [-0.1, -0.05) is 93.8 Å². The monoisotopic (exact) mass is 413 g/mol. The first-order chi connectivity index (χ1) is 15.5. The van der Waals surface area contributed by atoms with E-state index in [0.717, 1.165) is 28.2 Å². The average Bonchev–Trinajstić information content (AvgIpc) is 3.07. The van der Waals surface area contributed by atoms with Gasteiger partial charge in [0.05, 0.1) is 0 Å². The minimum atomic E-state index is -0.0347. The molecule has 0 amide bonds. The fourth-order valence-corrected chi connectivity index (χ4v) is 4.80. The van der Waals surface area contributed by atoms with E-state index in [-0.39, 0.29) is 5.41 Å². The van der Waals surface area contributed by atoms with Crippen LogP contribution in [0.4, 0.5) is 17.1 Å². The van der Waals surface area contributed by atoms with Crippen molar-refractivity contribution in [2.45, 2.75) is 19.3 Å². The third-order valence-corrected chi connectivity index (χ3v) is 6.60. The van der Waals surface area contributed by atoms with E-state index in [1.807, 2.05) is 12.2 Å². The Balaban J connectivity index is 1.67. The van der Waals surface area contributed by atoms with Crippen molar-refractivity contribution in [3.05, 3.63) is 126 Å². The van der Waals surface area contributed by atoms with Crippen LogP contribution >= 0.6 is 0 Å². The van der Waals surface area contributed by atoms with Gasteiger partial charge in [-0.05, 0) is 69.8 Å². The molecule has 1 aliphatic carbocycles. The fourth-order valence-electron chi connectivity index (χ4n) is 4.80. The maximum absolute atomic E-state index is 3.89. The van der Waals surface area contributed by atoms with Crippen molar-refractivity contribution in [2.75, 3.05) is 4.90 Å². The topological polar surface area (TPSA) is 3.24 Å². The molecule has 1 nitrogen and oxygen atoms in total. The molecule has 0 bridgehead atoms. The number of hydrogen-bond acceptors (Lipinski definition) is 1. The summed E-state index contributed by atoms with van der Waals surface area (Å²) in [5.74, 6) is 0. The van der Waals surface area contributed by atoms with E-state index < -0.39 is 0 Å². The zero-order valence-electron chi connectivity index (χ0n) is 18.7. The van der Waals surface area contributed by atoms with Gasteiger partial charge >= 0.3 is 0 Å². The highest BCUT2D eigenvalue weighted by Crippen LogP contribution is 2.50. The SMILES string of the molecule is C=Cc1ccc(N(c2ccc(C=C)cc2)c2ccc3c(c2)C(C)(C)c2ccccc2-3)cc1. The van der Waals surface area contributed by atoms with Crippen LogP contribution in [0.5, 0.6) is 0 Å². The van der Waals surface area contributed by atoms with Crippen LogP contribution in [-0.2, 0) is 5.41 Å². The number of benzene rings is 4. The van der Waals surface area contributed by atoms with Gasteiger partial charge in [0.1, 0.15) is 0 Å². The van der Waals surface area contributed by atoms with Crippen LogP contribution in [0, 0.1) is 0 Å². The molecule has 0 unspecified atom stereocenters. The summed E-state index contributed by atoms with van der Waals surface area (Å²) in [7, 11) is 0. The van der Waals surface area contributed by atoms with Crippen molar-refractivity contribution in [2.24, 2.45) is 0 Å². The van der Waals surface area contributed by atoms with Gasteiger partial charge < -0.3 is 4.90 Å². The molecule has 0 aliphatic heterocycles.